The quantitative estimate of drug-likeness (QED) is 0.705. The van der Waals surface area contributed by atoms with Gasteiger partial charge in [-0.05, 0) is 30.9 Å². The van der Waals surface area contributed by atoms with Crippen molar-refractivity contribution in [1.29, 1.82) is 0 Å². The molecule has 0 aliphatic heterocycles. The van der Waals surface area contributed by atoms with Crippen LogP contribution in [-0.4, -0.2) is 24.9 Å². The van der Waals surface area contributed by atoms with Crippen LogP contribution in [0.15, 0.2) is 18.2 Å². The molecule has 0 radical (unpaired) electrons. The fraction of sp³-hybridized carbons (Fsp3) is 0.556. The van der Waals surface area contributed by atoms with Gasteiger partial charge in [0.15, 0.2) is 0 Å². The molecule has 1 N–H and O–H groups in total. The van der Waals surface area contributed by atoms with Crippen LogP contribution in [0.3, 0.4) is 0 Å². The first kappa shape index (κ1) is 19.0. The van der Waals surface area contributed by atoms with Gasteiger partial charge in [-0.15, -0.1) is 0 Å². The standard InChI is InChI=1S/C18H27NO4/c1-12(2)10-22-15-6-7-16(19-18(21)8-14(5)20)17(9-15)23-11-13(3)4/h6-7,9,12-13H,8,10-11H2,1-5H3,(H,19,21). The summed E-state index contributed by atoms with van der Waals surface area (Å²) in [6.07, 6.45) is -0.144. The lowest BCUT2D eigenvalue weighted by atomic mass is 10.2. The molecule has 0 aliphatic rings. The predicted octanol–water partition coefficient (Wildman–Crippen LogP) is 3.67. The van der Waals surface area contributed by atoms with Crippen LogP contribution >= 0.6 is 0 Å². The fourth-order valence-corrected chi connectivity index (χ4v) is 1.75. The number of Topliss-reactive ketones (excluding diaryl/α,β-unsaturated/α-hetero) is 1. The van der Waals surface area contributed by atoms with Crippen LogP contribution in [0.4, 0.5) is 5.69 Å². The van der Waals surface area contributed by atoms with Crippen molar-refractivity contribution in [2.75, 3.05) is 18.5 Å². The molecule has 0 bridgehead atoms. The number of amides is 1. The molecule has 0 unspecified atom stereocenters. The van der Waals surface area contributed by atoms with Crippen molar-refractivity contribution >= 4 is 17.4 Å². The van der Waals surface area contributed by atoms with E-state index in [1.54, 1.807) is 18.2 Å². The second-order valence-electron chi connectivity index (χ2n) is 6.49. The van der Waals surface area contributed by atoms with E-state index in [0.717, 1.165) is 0 Å². The number of carbonyl (C=O) groups excluding carboxylic acids is 2. The number of benzene rings is 1. The highest BCUT2D eigenvalue weighted by Crippen LogP contribution is 2.30. The zero-order chi connectivity index (χ0) is 17.4. The van der Waals surface area contributed by atoms with E-state index in [-0.39, 0.29) is 18.1 Å². The van der Waals surface area contributed by atoms with E-state index >= 15 is 0 Å². The third-order valence-corrected chi connectivity index (χ3v) is 2.79. The third-order valence-electron chi connectivity index (χ3n) is 2.79. The Balaban J connectivity index is 2.88. The maximum absolute atomic E-state index is 11.8. The molecule has 128 valence electrons. The molecule has 0 spiro atoms. The Bertz CT molecular complexity index is 538. The van der Waals surface area contributed by atoms with Gasteiger partial charge in [-0.3, -0.25) is 9.59 Å². The first-order chi connectivity index (χ1) is 10.8. The SMILES string of the molecule is CC(=O)CC(=O)Nc1ccc(OCC(C)C)cc1OCC(C)C. The highest BCUT2D eigenvalue weighted by atomic mass is 16.5. The number of nitrogens with one attached hydrogen (secondary N) is 1. The topological polar surface area (TPSA) is 64.6 Å². The van der Waals surface area contributed by atoms with Gasteiger partial charge in [0, 0.05) is 6.07 Å². The molecule has 0 fully saturated rings. The minimum Gasteiger partial charge on any atom is -0.493 e. The van der Waals surface area contributed by atoms with Crippen LogP contribution in [0, 0.1) is 11.8 Å². The molecule has 1 aromatic rings. The van der Waals surface area contributed by atoms with E-state index in [1.807, 2.05) is 13.8 Å². The molecule has 0 saturated heterocycles. The first-order valence-corrected chi connectivity index (χ1v) is 7.96. The second kappa shape index (κ2) is 9.18. The van der Waals surface area contributed by atoms with Crippen LogP contribution in [0.2, 0.25) is 0 Å². The summed E-state index contributed by atoms with van der Waals surface area (Å²) in [5.41, 5.74) is 0.550. The van der Waals surface area contributed by atoms with Gasteiger partial charge in [0.25, 0.3) is 0 Å². The van der Waals surface area contributed by atoms with Gasteiger partial charge < -0.3 is 14.8 Å². The summed E-state index contributed by atoms with van der Waals surface area (Å²) in [5.74, 6) is 1.51. The summed E-state index contributed by atoms with van der Waals surface area (Å²) < 4.78 is 11.5. The van der Waals surface area contributed by atoms with Crippen molar-refractivity contribution in [1.82, 2.24) is 0 Å². The molecule has 0 aromatic heterocycles. The van der Waals surface area contributed by atoms with Crippen molar-refractivity contribution in [2.24, 2.45) is 11.8 Å². The summed E-state index contributed by atoms with van der Waals surface area (Å²) in [6, 6.07) is 5.30. The van der Waals surface area contributed by atoms with Crippen LogP contribution in [-0.2, 0) is 9.59 Å². The lowest BCUT2D eigenvalue weighted by Gasteiger charge is -2.16. The van der Waals surface area contributed by atoms with Gasteiger partial charge in [-0.1, -0.05) is 27.7 Å². The van der Waals surface area contributed by atoms with E-state index < -0.39 is 0 Å². The monoisotopic (exact) mass is 321 g/mol. The maximum atomic E-state index is 11.8. The van der Waals surface area contributed by atoms with Crippen LogP contribution in [0.1, 0.15) is 41.0 Å². The Hall–Kier alpha value is -2.04. The molecule has 23 heavy (non-hydrogen) atoms. The Morgan fingerprint density at radius 1 is 1.04 bits per heavy atom. The minimum absolute atomic E-state index is 0.144. The maximum Gasteiger partial charge on any atom is 0.231 e. The van der Waals surface area contributed by atoms with Gasteiger partial charge in [0.2, 0.25) is 5.91 Å². The molecule has 1 rings (SSSR count). The Labute approximate surface area is 138 Å². The fourth-order valence-electron chi connectivity index (χ4n) is 1.75. The van der Waals surface area contributed by atoms with Crippen molar-refractivity contribution in [3.63, 3.8) is 0 Å². The molecular weight excluding hydrogens is 294 g/mol. The Kier molecular flexibility index (Phi) is 7.59. The van der Waals surface area contributed by atoms with Gasteiger partial charge in [-0.2, -0.15) is 0 Å². The van der Waals surface area contributed by atoms with Gasteiger partial charge in [-0.25, -0.2) is 0 Å². The zero-order valence-corrected chi connectivity index (χ0v) is 14.6. The summed E-state index contributed by atoms with van der Waals surface area (Å²) >= 11 is 0. The summed E-state index contributed by atoms with van der Waals surface area (Å²) in [6.45, 7) is 10.8. The number of hydrogen-bond donors (Lipinski definition) is 1. The lowest BCUT2D eigenvalue weighted by molar-refractivity contribution is -0.124. The number of hydrogen-bond acceptors (Lipinski definition) is 4. The third kappa shape index (κ3) is 7.68. The van der Waals surface area contributed by atoms with Gasteiger partial charge in [0.05, 0.1) is 25.3 Å². The van der Waals surface area contributed by atoms with Crippen molar-refractivity contribution in [3.05, 3.63) is 18.2 Å². The van der Waals surface area contributed by atoms with E-state index in [4.69, 9.17) is 9.47 Å². The van der Waals surface area contributed by atoms with E-state index in [1.165, 1.54) is 6.92 Å². The highest BCUT2D eigenvalue weighted by Gasteiger charge is 2.12. The van der Waals surface area contributed by atoms with Crippen molar-refractivity contribution < 1.29 is 19.1 Å². The largest absolute Gasteiger partial charge is 0.493 e. The number of anilines is 1. The Morgan fingerprint density at radius 2 is 1.65 bits per heavy atom. The average molecular weight is 321 g/mol. The van der Waals surface area contributed by atoms with E-state index in [0.29, 0.717) is 42.2 Å². The number of carbonyl (C=O) groups is 2. The van der Waals surface area contributed by atoms with Crippen molar-refractivity contribution in [3.8, 4) is 11.5 Å². The summed E-state index contributed by atoms with van der Waals surface area (Å²) in [5, 5.41) is 2.72. The Morgan fingerprint density at radius 3 is 2.22 bits per heavy atom. The average Bonchev–Trinajstić information content (AvgIpc) is 2.43. The molecular formula is C18H27NO4. The summed E-state index contributed by atoms with van der Waals surface area (Å²) in [7, 11) is 0. The normalized spacial score (nSPS) is 10.7. The number of ketones is 1. The molecule has 0 saturated carbocycles. The van der Waals surface area contributed by atoms with Crippen LogP contribution in [0.5, 0.6) is 11.5 Å². The molecule has 5 heteroatoms. The highest BCUT2D eigenvalue weighted by molar-refractivity contribution is 6.04. The molecule has 0 atom stereocenters. The molecule has 1 aromatic carbocycles. The van der Waals surface area contributed by atoms with Gasteiger partial charge >= 0.3 is 0 Å². The van der Waals surface area contributed by atoms with E-state index in [2.05, 4.69) is 19.2 Å². The first-order valence-electron chi connectivity index (χ1n) is 7.96. The smallest absolute Gasteiger partial charge is 0.231 e. The summed E-state index contributed by atoms with van der Waals surface area (Å²) in [4.78, 5) is 22.8. The lowest BCUT2D eigenvalue weighted by Crippen LogP contribution is -2.16. The second-order valence-corrected chi connectivity index (χ2v) is 6.49. The van der Waals surface area contributed by atoms with Crippen LogP contribution in [0.25, 0.3) is 0 Å². The molecule has 1 amide bonds. The molecule has 0 aliphatic carbocycles. The van der Waals surface area contributed by atoms with E-state index in [9.17, 15) is 9.59 Å². The van der Waals surface area contributed by atoms with Crippen LogP contribution < -0.4 is 14.8 Å². The zero-order valence-electron chi connectivity index (χ0n) is 14.6. The molecule has 0 heterocycles. The molecule has 5 nitrogen and oxygen atoms in total. The van der Waals surface area contributed by atoms with Gasteiger partial charge in [0.1, 0.15) is 17.3 Å². The predicted molar refractivity (Wildman–Crippen MR) is 91.0 cm³/mol. The minimum atomic E-state index is -0.345. The number of rotatable bonds is 9. The van der Waals surface area contributed by atoms with Crippen molar-refractivity contribution in [2.45, 2.75) is 41.0 Å². The number of ether oxygens (including phenoxy) is 2.